The van der Waals surface area contributed by atoms with Gasteiger partial charge < -0.3 is 15.0 Å². The second-order valence-corrected chi connectivity index (χ2v) is 6.94. The van der Waals surface area contributed by atoms with Crippen LogP contribution >= 0.6 is 0 Å². The van der Waals surface area contributed by atoms with Gasteiger partial charge in [0, 0.05) is 19.2 Å². The third-order valence-electron chi connectivity index (χ3n) is 4.98. The average Bonchev–Trinajstić information content (AvgIpc) is 3.27. The summed E-state index contributed by atoms with van der Waals surface area (Å²) in [4.78, 5) is 27.5. The molecule has 1 aliphatic heterocycles. The molecule has 2 aromatic rings. The van der Waals surface area contributed by atoms with Gasteiger partial charge in [0.05, 0.1) is 7.11 Å². The van der Waals surface area contributed by atoms with Crippen LogP contribution in [0.5, 0.6) is 5.75 Å². The van der Waals surface area contributed by atoms with Gasteiger partial charge in [-0.25, -0.2) is 0 Å². The van der Waals surface area contributed by atoms with Crippen LogP contribution < -0.4 is 10.1 Å². The van der Waals surface area contributed by atoms with Gasteiger partial charge in [0.15, 0.2) is 0 Å². The summed E-state index contributed by atoms with van der Waals surface area (Å²) < 4.78 is 5.17. The minimum Gasteiger partial charge on any atom is -0.497 e. The summed E-state index contributed by atoms with van der Waals surface area (Å²) in [6, 6.07) is 16.3. The number of likely N-dealkylation sites (tertiary alicyclic amines) is 1. The first-order chi connectivity index (χ1) is 13.6. The van der Waals surface area contributed by atoms with Crippen molar-refractivity contribution in [3.63, 3.8) is 0 Å². The van der Waals surface area contributed by atoms with Gasteiger partial charge in [-0.15, -0.1) is 0 Å². The first-order valence-electron chi connectivity index (χ1n) is 9.55. The van der Waals surface area contributed by atoms with E-state index in [0.717, 1.165) is 48.4 Å². The third-order valence-corrected chi connectivity index (χ3v) is 4.98. The quantitative estimate of drug-likeness (QED) is 0.782. The van der Waals surface area contributed by atoms with E-state index >= 15 is 0 Å². The minimum absolute atomic E-state index is 0.0486. The lowest BCUT2D eigenvalue weighted by molar-refractivity contribution is -0.134. The van der Waals surface area contributed by atoms with Crippen molar-refractivity contribution >= 4 is 17.4 Å². The summed E-state index contributed by atoms with van der Waals surface area (Å²) in [7, 11) is 1.62. The SMILES string of the molecule is COc1ccc(/C(C)=C/C(=O)N[C@H](C(=O)N2CCCC2)c2ccccc2)cc1. The zero-order chi connectivity index (χ0) is 19.9. The van der Waals surface area contributed by atoms with Crippen LogP contribution in [0.25, 0.3) is 5.57 Å². The lowest BCUT2D eigenvalue weighted by atomic mass is 10.0. The fraction of sp³-hybridized carbons (Fsp3) is 0.304. The van der Waals surface area contributed by atoms with Crippen LogP contribution in [0.1, 0.15) is 36.9 Å². The van der Waals surface area contributed by atoms with Gasteiger partial charge in [0.2, 0.25) is 11.8 Å². The molecule has 28 heavy (non-hydrogen) atoms. The van der Waals surface area contributed by atoms with Gasteiger partial charge in [-0.1, -0.05) is 42.5 Å². The number of carbonyl (C=O) groups excluding carboxylic acids is 2. The molecule has 1 aliphatic rings. The van der Waals surface area contributed by atoms with Gasteiger partial charge in [-0.05, 0) is 48.6 Å². The number of nitrogens with zero attached hydrogens (tertiary/aromatic N) is 1. The van der Waals surface area contributed by atoms with E-state index in [2.05, 4.69) is 5.32 Å². The van der Waals surface area contributed by atoms with E-state index < -0.39 is 6.04 Å². The Morgan fingerprint density at radius 3 is 2.29 bits per heavy atom. The molecule has 5 nitrogen and oxygen atoms in total. The molecular formula is C23H26N2O3. The lowest BCUT2D eigenvalue weighted by Crippen LogP contribution is -2.41. The van der Waals surface area contributed by atoms with Crippen LogP contribution in [0, 0.1) is 0 Å². The molecule has 1 heterocycles. The van der Waals surface area contributed by atoms with E-state index in [1.807, 2.05) is 66.4 Å². The van der Waals surface area contributed by atoms with Crippen molar-refractivity contribution < 1.29 is 14.3 Å². The molecule has 0 bridgehead atoms. The molecule has 1 saturated heterocycles. The van der Waals surface area contributed by atoms with E-state index in [4.69, 9.17) is 4.74 Å². The summed E-state index contributed by atoms with van der Waals surface area (Å²) >= 11 is 0. The molecular weight excluding hydrogens is 352 g/mol. The van der Waals surface area contributed by atoms with Gasteiger partial charge in [-0.3, -0.25) is 9.59 Å². The van der Waals surface area contributed by atoms with Crippen molar-refractivity contribution in [1.82, 2.24) is 10.2 Å². The summed E-state index contributed by atoms with van der Waals surface area (Å²) in [5.41, 5.74) is 2.54. The number of hydrogen-bond donors (Lipinski definition) is 1. The number of carbonyl (C=O) groups is 2. The number of rotatable bonds is 6. The van der Waals surface area contributed by atoms with E-state index in [1.165, 1.54) is 6.08 Å². The van der Waals surface area contributed by atoms with Crippen LogP contribution in [0.15, 0.2) is 60.7 Å². The van der Waals surface area contributed by atoms with E-state index in [0.29, 0.717) is 0 Å². The molecule has 0 aromatic heterocycles. The van der Waals surface area contributed by atoms with Crippen LogP contribution in [0.3, 0.4) is 0 Å². The van der Waals surface area contributed by atoms with E-state index in [1.54, 1.807) is 7.11 Å². The smallest absolute Gasteiger partial charge is 0.249 e. The Labute approximate surface area is 166 Å². The topological polar surface area (TPSA) is 58.6 Å². The minimum atomic E-state index is -0.674. The Morgan fingerprint density at radius 1 is 1.04 bits per heavy atom. The molecule has 1 N–H and O–H groups in total. The third kappa shape index (κ3) is 4.80. The highest BCUT2D eigenvalue weighted by molar-refractivity contribution is 5.98. The molecule has 3 rings (SSSR count). The fourth-order valence-electron chi connectivity index (χ4n) is 3.37. The van der Waals surface area contributed by atoms with Crippen LogP contribution in [0.4, 0.5) is 0 Å². The number of hydrogen-bond acceptors (Lipinski definition) is 3. The highest BCUT2D eigenvalue weighted by atomic mass is 16.5. The Balaban J connectivity index is 1.77. The monoisotopic (exact) mass is 378 g/mol. The Bertz CT molecular complexity index is 838. The molecule has 146 valence electrons. The van der Waals surface area contributed by atoms with E-state index in [9.17, 15) is 9.59 Å². The van der Waals surface area contributed by atoms with Crippen LogP contribution in [-0.2, 0) is 9.59 Å². The van der Waals surface area contributed by atoms with Crippen molar-refractivity contribution in [3.8, 4) is 5.75 Å². The van der Waals surface area contributed by atoms with Crippen molar-refractivity contribution in [3.05, 3.63) is 71.8 Å². The van der Waals surface area contributed by atoms with Gasteiger partial charge >= 0.3 is 0 Å². The van der Waals surface area contributed by atoms with E-state index in [-0.39, 0.29) is 11.8 Å². The summed E-state index contributed by atoms with van der Waals surface area (Å²) in [6.45, 7) is 3.37. The van der Waals surface area contributed by atoms with Gasteiger partial charge in [0.1, 0.15) is 11.8 Å². The Kier molecular flexibility index (Phi) is 6.48. The lowest BCUT2D eigenvalue weighted by Gasteiger charge is -2.24. The molecule has 1 fully saturated rings. The number of ether oxygens (including phenoxy) is 1. The number of allylic oxidation sites excluding steroid dienone is 1. The summed E-state index contributed by atoms with van der Waals surface area (Å²) in [6.07, 6.45) is 3.56. The maximum absolute atomic E-state index is 13.0. The Hall–Kier alpha value is -3.08. The number of methoxy groups -OCH3 is 1. The van der Waals surface area contributed by atoms with Crippen molar-refractivity contribution in [2.24, 2.45) is 0 Å². The Morgan fingerprint density at radius 2 is 1.68 bits per heavy atom. The number of amides is 2. The molecule has 0 radical (unpaired) electrons. The van der Waals surface area contributed by atoms with Crippen molar-refractivity contribution in [2.75, 3.05) is 20.2 Å². The molecule has 0 saturated carbocycles. The standard InChI is InChI=1S/C23H26N2O3/c1-17(18-10-12-20(28-2)13-11-18)16-21(26)24-22(19-8-4-3-5-9-19)23(27)25-14-6-7-15-25/h3-5,8-13,16,22H,6-7,14-15H2,1-2H3,(H,24,26)/b17-16+/t22-/m0/s1. The summed E-state index contributed by atoms with van der Waals surface area (Å²) in [5.74, 6) is 0.434. The first-order valence-corrected chi connectivity index (χ1v) is 9.55. The molecule has 2 amide bonds. The second kappa shape index (κ2) is 9.22. The molecule has 5 heteroatoms. The number of benzene rings is 2. The highest BCUT2D eigenvalue weighted by Gasteiger charge is 2.28. The molecule has 1 atom stereocenters. The first kappa shape index (κ1) is 19.7. The molecule has 0 aliphatic carbocycles. The summed E-state index contributed by atoms with van der Waals surface area (Å²) in [5, 5.41) is 2.90. The van der Waals surface area contributed by atoms with Gasteiger partial charge in [-0.2, -0.15) is 0 Å². The zero-order valence-electron chi connectivity index (χ0n) is 16.4. The average molecular weight is 378 g/mol. The number of nitrogens with one attached hydrogen (secondary N) is 1. The maximum Gasteiger partial charge on any atom is 0.249 e. The second-order valence-electron chi connectivity index (χ2n) is 6.94. The normalized spacial score (nSPS) is 15.2. The predicted octanol–water partition coefficient (Wildman–Crippen LogP) is 3.58. The molecule has 2 aromatic carbocycles. The predicted molar refractivity (Wildman–Crippen MR) is 110 cm³/mol. The maximum atomic E-state index is 13.0. The largest absolute Gasteiger partial charge is 0.497 e. The van der Waals surface area contributed by atoms with Crippen LogP contribution in [0.2, 0.25) is 0 Å². The molecule has 0 spiro atoms. The van der Waals surface area contributed by atoms with Crippen molar-refractivity contribution in [2.45, 2.75) is 25.8 Å². The zero-order valence-corrected chi connectivity index (χ0v) is 16.4. The van der Waals surface area contributed by atoms with Gasteiger partial charge in [0.25, 0.3) is 0 Å². The molecule has 0 unspecified atom stereocenters. The van der Waals surface area contributed by atoms with Crippen molar-refractivity contribution in [1.29, 1.82) is 0 Å². The van der Waals surface area contributed by atoms with Crippen LogP contribution in [-0.4, -0.2) is 36.9 Å². The fourth-order valence-corrected chi connectivity index (χ4v) is 3.37. The highest BCUT2D eigenvalue weighted by Crippen LogP contribution is 2.21.